The second kappa shape index (κ2) is 5.95. The number of ether oxygens (including phenoxy) is 1. The molecule has 1 rings (SSSR count). The average molecular weight is 202 g/mol. The number of imide groups is 1. The van der Waals surface area contributed by atoms with Crippen molar-refractivity contribution in [2.24, 2.45) is 0 Å². The van der Waals surface area contributed by atoms with E-state index in [1.807, 2.05) is 0 Å². The van der Waals surface area contributed by atoms with Crippen molar-refractivity contribution in [3.63, 3.8) is 0 Å². The molecule has 0 bridgehead atoms. The summed E-state index contributed by atoms with van der Waals surface area (Å²) in [6.45, 7) is 3.85. The zero-order valence-electron chi connectivity index (χ0n) is 8.49. The highest BCUT2D eigenvalue weighted by atomic mass is 16.5. The van der Waals surface area contributed by atoms with E-state index in [9.17, 15) is 14.4 Å². The number of carbonyl (C=O) groups is 3. The first-order chi connectivity index (χ1) is 6.47. The molecule has 14 heavy (non-hydrogen) atoms. The Morgan fingerprint density at radius 3 is 2.21 bits per heavy atom. The molecule has 6 nitrogen and oxygen atoms in total. The van der Waals surface area contributed by atoms with E-state index in [1.165, 1.54) is 11.8 Å². The summed E-state index contributed by atoms with van der Waals surface area (Å²) < 4.78 is 4.40. The lowest BCUT2D eigenvalue weighted by Crippen LogP contribution is -2.24. The molecule has 0 aromatic carbocycles. The number of hydrogen-bond acceptors (Lipinski definition) is 4. The molecule has 0 atom stereocenters. The lowest BCUT2D eigenvalue weighted by Gasteiger charge is -1.99. The molecular weight excluding hydrogens is 188 g/mol. The number of nitrogens with one attached hydrogen (secondary N) is 1. The maximum atomic E-state index is 10.4. The van der Waals surface area contributed by atoms with Gasteiger partial charge in [0.05, 0.1) is 6.61 Å². The van der Waals surface area contributed by atoms with E-state index in [4.69, 9.17) is 0 Å². The zero-order chi connectivity index (χ0) is 11.1. The first-order valence-electron chi connectivity index (χ1n) is 4.15. The van der Waals surface area contributed by atoms with Crippen LogP contribution in [0.5, 0.6) is 0 Å². The number of amides is 3. The van der Waals surface area contributed by atoms with Gasteiger partial charge in [-0.15, -0.1) is 0 Å². The molecule has 0 aliphatic carbocycles. The van der Waals surface area contributed by atoms with E-state index >= 15 is 0 Å². The summed E-state index contributed by atoms with van der Waals surface area (Å²) in [5, 5.41) is 2.11. The van der Waals surface area contributed by atoms with Crippen molar-refractivity contribution in [1.29, 1.82) is 0 Å². The third-order valence-electron chi connectivity index (χ3n) is 1.32. The Morgan fingerprint density at radius 2 is 2.14 bits per heavy atom. The van der Waals surface area contributed by atoms with Gasteiger partial charge in [-0.05, 0) is 6.92 Å². The number of urea groups is 1. The van der Waals surface area contributed by atoms with E-state index in [2.05, 4.69) is 10.1 Å². The lowest BCUT2D eigenvalue weighted by atomic mass is 10.6. The summed E-state index contributed by atoms with van der Waals surface area (Å²) in [5.74, 6) is -0.435. The van der Waals surface area contributed by atoms with E-state index < -0.39 is 0 Å². The van der Waals surface area contributed by atoms with Gasteiger partial charge < -0.3 is 9.64 Å². The predicted octanol–water partition coefficient (Wildman–Crippen LogP) is -0.263. The average Bonchev–Trinajstić information content (AvgIpc) is 2.30. The summed E-state index contributed by atoms with van der Waals surface area (Å²) in [6.07, 6.45) is 0. The number of carbonyl (C=O) groups excluding carboxylic acids is 3. The highest BCUT2D eigenvalue weighted by molar-refractivity contribution is 6.01. The molecule has 1 saturated heterocycles. The molecule has 0 unspecified atom stereocenters. The van der Waals surface area contributed by atoms with Gasteiger partial charge in [0, 0.05) is 14.0 Å². The number of nitrogens with zero attached hydrogens (tertiary/aromatic N) is 1. The molecule has 80 valence electrons. The Hall–Kier alpha value is -1.59. The molecule has 1 fully saturated rings. The maximum Gasteiger partial charge on any atom is 0.324 e. The number of esters is 1. The molecule has 0 aromatic heterocycles. The van der Waals surface area contributed by atoms with E-state index in [-0.39, 0.29) is 24.5 Å². The summed E-state index contributed by atoms with van der Waals surface area (Å²) >= 11 is 0. The Labute approximate surface area is 82.2 Å². The van der Waals surface area contributed by atoms with E-state index in [0.29, 0.717) is 6.61 Å². The summed E-state index contributed by atoms with van der Waals surface area (Å²) in [7, 11) is 1.57. The molecule has 0 saturated carbocycles. The summed E-state index contributed by atoms with van der Waals surface area (Å²) in [6, 6.07) is -0.310. The second-order valence-electron chi connectivity index (χ2n) is 2.63. The van der Waals surface area contributed by atoms with Crippen LogP contribution >= 0.6 is 0 Å². The van der Waals surface area contributed by atoms with Crippen molar-refractivity contribution in [2.45, 2.75) is 13.8 Å². The van der Waals surface area contributed by atoms with Crippen LogP contribution in [-0.2, 0) is 14.3 Å². The molecule has 0 radical (unpaired) electrons. The van der Waals surface area contributed by atoms with Crippen LogP contribution in [0.1, 0.15) is 13.8 Å². The standard InChI is InChI=1S/C4H6N2O2.C4H8O2/c1-6-2-3(7)5-4(6)8;1-3-6-4(2)5/h2H2,1H3,(H,5,7,8);3H2,1-2H3. The Balaban J connectivity index is 0.000000255. The van der Waals surface area contributed by atoms with Crippen molar-refractivity contribution in [3.8, 4) is 0 Å². The second-order valence-corrected chi connectivity index (χ2v) is 2.63. The maximum absolute atomic E-state index is 10.4. The third kappa shape index (κ3) is 5.13. The molecular formula is C8H14N2O4. The third-order valence-corrected chi connectivity index (χ3v) is 1.32. The highest BCUT2D eigenvalue weighted by Gasteiger charge is 2.21. The molecule has 0 aromatic rings. The van der Waals surface area contributed by atoms with Crippen LogP contribution < -0.4 is 5.32 Å². The van der Waals surface area contributed by atoms with E-state index in [0.717, 1.165) is 0 Å². The molecule has 0 spiro atoms. The van der Waals surface area contributed by atoms with Gasteiger partial charge in [0.2, 0.25) is 5.91 Å². The molecule has 6 heteroatoms. The molecule has 1 aliphatic rings. The summed E-state index contributed by atoms with van der Waals surface area (Å²) in [5.41, 5.74) is 0. The minimum Gasteiger partial charge on any atom is -0.466 e. The smallest absolute Gasteiger partial charge is 0.324 e. The minimum atomic E-state index is -0.310. The van der Waals surface area contributed by atoms with Crippen molar-refractivity contribution in [1.82, 2.24) is 10.2 Å². The fourth-order valence-corrected chi connectivity index (χ4v) is 0.745. The van der Waals surface area contributed by atoms with Crippen molar-refractivity contribution >= 4 is 17.9 Å². The van der Waals surface area contributed by atoms with Gasteiger partial charge in [0.15, 0.2) is 0 Å². The fourth-order valence-electron chi connectivity index (χ4n) is 0.745. The van der Waals surface area contributed by atoms with Crippen LogP contribution in [0.4, 0.5) is 4.79 Å². The van der Waals surface area contributed by atoms with Gasteiger partial charge in [-0.2, -0.15) is 0 Å². The first-order valence-corrected chi connectivity index (χ1v) is 4.15. The van der Waals surface area contributed by atoms with Crippen LogP contribution in [0.25, 0.3) is 0 Å². The van der Waals surface area contributed by atoms with Crippen molar-refractivity contribution in [2.75, 3.05) is 20.2 Å². The Kier molecular flexibility index (Phi) is 5.28. The quantitative estimate of drug-likeness (QED) is 0.469. The lowest BCUT2D eigenvalue weighted by molar-refractivity contribution is -0.140. The van der Waals surface area contributed by atoms with Gasteiger partial charge in [-0.1, -0.05) is 0 Å². The number of hydrogen-bond donors (Lipinski definition) is 1. The van der Waals surface area contributed by atoms with Crippen LogP contribution in [-0.4, -0.2) is 43.0 Å². The molecule has 1 N–H and O–H groups in total. The highest BCUT2D eigenvalue weighted by Crippen LogP contribution is 1.90. The van der Waals surface area contributed by atoms with Crippen LogP contribution in [0.2, 0.25) is 0 Å². The Bertz CT molecular complexity index is 239. The van der Waals surface area contributed by atoms with Gasteiger partial charge in [-0.25, -0.2) is 4.79 Å². The first kappa shape index (κ1) is 12.4. The molecule has 3 amide bonds. The van der Waals surface area contributed by atoms with Crippen molar-refractivity contribution < 1.29 is 19.1 Å². The van der Waals surface area contributed by atoms with Gasteiger partial charge in [-0.3, -0.25) is 14.9 Å². The van der Waals surface area contributed by atoms with Crippen LogP contribution in [0, 0.1) is 0 Å². The Morgan fingerprint density at radius 1 is 1.57 bits per heavy atom. The number of likely N-dealkylation sites (N-methyl/N-ethyl adjacent to an activating group) is 1. The van der Waals surface area contributed by atoms with Crippen LogP contribution in [0.15, 0.2) is 0 Å². The molecule has 1 heterocycles. The topological polar surface area (TPSA) is 75.7 Å². The largest absolute Gasteiger partial charge is 0.466 e. The molecule has 1 aliphatic heterocycles. The number of rotatable bonds is 1. The van der Waals surface area contributed by atoms with Crippen LogP contribution in [0.3, 0.4) is 0 Å². The summed E-state index contributed by atoms with van der Waals surface area (Å²) in [4.78, 5) is 31.8. The van der Waals surface area contributed by atoms with Gasteiger partial charge >= 0.3 is 12.0 Å². The fraction of sp³-hybridized carbons (Fsp3) is 0.625. The van der Waals surface area contributed by atoms with E-state index in [1.54, 1.807) is 14.0 Å². The predicted molar refractivity (Wildman–Crippen MR) is 48.5 cm³/mol. The van der Waals surface area contributed by atoms with Gasteiger partial charge in [0.1, 0.15) is 6.54 Å². The van der Waals surface area contributed by atoms with Gasteiger partial charge in [0.25, 0.3) is 0 Å². The minimum absolute atomic E-state index is 0.193. The zero-order valence-corrected chi connectivity index (χ0v) is 8.49. The normalized spacial score (nSPS) is 14.4. The van der Waals surface area contributed by atoms with Crippen molar-refractivity contribution in [3.05, 3.63) is 0 Å². The SMILES string of the molecule is CCOC(C)=O.CN1CC(=O)NC1=O. The monoisotopic (exact) mass is 202 g/mol.